The highest BCUT2D eigenvalue weighted by atomic mass is 32.1. The summed E-state index contributed by atoms with van der Waals surface area (Å²) in [7, 11) is 0. The van der Waals surface area contributed by atoms with Crippen molar-refractivity contribution >= 4 is 21.6 Å². The average Bonchev–Trinajstić information content (AvgIpc) is 3.13. The number of hydrogen-bond acceptors (Lipinski definition) is 5. The molecule has 114 valence electrons. The van der Waals surface area contributed by atoms with Crippen molar-refractivity contribution in [1.82, 2.24) is 24.3 Å². The Bertz CT molecular complexity index is 878. The Morgan fingerprint density at radius 3 is 2.95 bits per heavy atom. The summed E-state index contributed by atoms with van der Waals surface area (Å²) >= 11 is 1.70. The molecule has 0 bridgehead atoms. The van der Waals surface area contributed by atoms with E-state index in [0.29, 0.717) is 13.1 Å². The van der Waals surface area contributed by atoms with Crippen LogP contribution in [0.5, 0.6) is 0 Å². The predicted octanol–water partition coefficient (Wildman–Crippen LogP) is 1.94. The molecule has 0 N–H and O–H groups in total. The summed E-state index contributed by atoms with van der Waals surface area (Å²) in [6.07, 6.45) is 7.67. The number of aromatic nitrogens is 5. The van der Waals surface area contributed by atoms with Crippen LogP contribution in [0.4, 0.5) is 0 Å². The van der Waals surface area contributed by atoms with Gasteiger partial charge in [-0.15, -0.1) is 11.3 Å². The predicted molar refractivity (Wildman–Crippen MR) is 85.3 cm³/mol. The Balaban J connectivity index is 1.79. The molecule has 0 fully saturated rings. The zero-order valence-corrected chi connectivity index (χ0v) is 13.3. The van der Waals surface area contributed by atoms with Crippen molar-refractivity contribution in [3.8, 4) is 0 Å². The van der Waals surface area contributed by atoms with Crippen molar-refractivity contribution in [3.63, 3.8) is 0 Å². The molecule has 0 atom stereocenters. The molecule has 3 aromatic rings. The number of rotatable bonds is 3. The van der Waals surface area contributed by atoms with Crippen molar-refractivity contribution in [2.45, 2.75) is 45.7 Å². The lowest BCUT2D eigenvalue weighted by Gasteiger charge is -2.12. The van der Waals surface area contributed by atoms with Gasteiger partial charge in [0.05, 0.1) is 11.9 Å². The van der Waals surface area contributed by atoms with Crippen molar-refractivity contribution < 1.29 is 0 Å². The van der Waals surface area contributed by atoms with Gasteiger partial charge in [-0.25, -0.2) is 9.97 Å². The van der Waals surface area contributed by atoms with Gasteiger partial charge < -0.3 is 0 Å². The van der Waals surface area contributed by atoms with Crippen molar-refractivity contribution in [3.05, 3.63) is 39.3 Å². The van der Waals surface area contributed by atoms with Gasteiger partial charge in [-0.05, 0) is 38.2 Å². The largest absolute Gasteiger partial charge is 0.294 e. The van der Waals surface area contributed by atoms with Crippen LogP contribution in [0.2, 0.25) is 0 Å². The molecule has 1 aliphatic carbocycles. The lowest BCUT2D eigenvalue weighted by Crippen LogP contribution is -2.26. The maximum Gasteiger partial charge on any atom is 0.262 e. The Kier molecular flexibility index (Phi) is 3.29. The third kappa shape index (κ3) is 2.16. The number of fused-ring (bicyclic) bond motifs is 3. The highest BCUT2D eigenvalue weighted by Crippen LogP contribution is 2.33. The van der Waals surface area contributed by atoms with Crippen LogP contribution in [-0.2, 0) is 25.9 Å². The molecule has 3 aromatic heterocycles. The van der Waals surface area contributed by atoms with Gasteiger partial charge in [0.2, 0.25) is 0 Å². The molecule has 0 spiro atoms. The third-order valence-corrected chi connectivity index (χ3v) is 5.47. The number of nitrogens with zero attached hydrogens (tertiary/aromatic N) is 5. The molecule has 1 aliphatic rings. The monoisotopic (exact) mass is 315 g/mol. The first kappa shape index (κ1) is 13.6. The second-order valence-corrected chi connectivity index (χ2v) is 6.75. The molecule has 0 unspecified atom stereocenters. The Morgan fingerprint density at radius 2 is 2.14 bits per heavy atom. The summed E-state index contributed by atoms with van der Waals surface area (Å²) < 4.78 is 3.50. The quantitative estimate of drug-likeness (QED) is 0.741. The van der Waals surface area contributed by atoms with Crippen LogP contribution in [0.1, 0.15) is 29.1 Å². The zero-order valence-electron chi connectivity index (χ0n) is 12.4. The lowest BCUT2D eigenvalue weighted by atomic mass is 9.97. The van der Waals surface area contributed by atoms with Gasteiger partial charge in [0.1, 0.15) is 23.3 Å². The SMILES string of the molecule is Cc1nc2sc3c(c2c(=O)n1CCn1cncn1)CCCC3. The minimum atomic E-state index is 0.0991. The van der Waals surface area contributed by atoms with E-state index < -0.39 is 0 Å². The molecule has 0 saturated heterocycles. The van der Waals surface area contributed by atoms with Crippen LogP contribution < -0.4 is 5.56 Å². The molecular weight excluding hydrogens is 298 g/mol. The molecule has 7 heteroatoms. The second-order valence-electron chi connectivity index (χ2n) is 5.67. The molecule has 0 saturated carbocycles. The summed E-state index contributed by atoms with van der Waals surface area (Å²) in [4.78, 5) is 23.8. The first-order valence-electron chi connectivity index (χ1n) is 7.58. The van der Waals surface area contributed by atoms with Gasteiger partial charge in [-0.1, -0.05) is 0 Å². The maximum atomic E-state index is 12.9. The molecule has 4 rings (SSSR count). The average molecular weight is 315 g/mol. The summed E-state index contributed by atoms with van der Waals surface area (Å²) in [6.45, 7) is 3.10. The first-order chi connectivity index (χ1) is 10.7. The molecular formula is C15H17N5OS. The molecule has 3 heterocycles. The summed E-state index contributed by atoms with van der Waals surface area (Å²) in [5, 5.41) is 4.94. The van der Waals surface area contributed by atoms with E-state index in [-0.39, 0.29) is 5.56 Å². The van der Waals surface area contributed by atoms with E-state index in [1.165, 1.54) is 29.6 Å². The van der Waals surface area contributed by atoms with Gasteiger partial charge in [-0.3, -0.25) is 14.0 Å². The topological polar surface area (TPSA) is 65.6 Å². The number of thiophene rings is 1. The molecule has 0 aliphatic heterocycles. The van der Waals surface area contributed by atoms with Crippen LogP contribution in [0, 0.1) is 6.92 Å². The minimum Gasteiger partial charge on any atom is -0.294 e. The Hall–Kier alpha value is -2.02. The zero-order chi connectivity index (χ0) is 15.1. The fourth-order valence-electron chi connectivity index (χ4n) is 3.15. The van der Waals surface area contributed by atoms with E-state index in [2.05, 4.69) is 15.1 Å². The van der Waals surface area contributed by atoms with Crippen LogP contribution in [0.3, 0.4) is 0 Å². The fourth-order valence-corrected chi connectivity index (χ4v) is 4.45. The van der Waals surface area contributed by atoms with Gasteiger partial charge in [0, 0.05) is 11.4 Å². The van der Waals surface area contributed by atoms with Crippen LogP contribution in [0.25, 0.3) is 10.2 Å². The van der Waals surface area contributed by atoms with E-state index in [1.54, 1.807) is 26.9 Å². The third-order valence-electron chi connectivity index (χ3n) is 4.28. The van der Waals surface area contributed by atoms with E-state index in [0.717, 1.165) is 28.9 Å². The van der Waals surface area contributed by atoms with Crippen molar-refractivity contribution in [2.24, 2.45) is 0 Å². The van der Waals surface area contributed by atoms with Gasteiger partial charge in [0.15, 0.2) is 0 Å². The summed E-state index contributed by atoms with van der Waals surface area (Å²) in [6, 6.07) is 0. The highest BCUT2D eigenvalue weighted by molar-refractivity contribution is 7.18. The molecule has 6 nitrogen and oxygen atoms in total. The van der Waals surface area contributed by atoms with Gasteiger partial charge in [0.25, 0.3) is 5.56 Å². The van der Waals surface area contributed by atoms with Crippen LogP contribution in [-0.4, -0.2) is 24.3 Å². The summed E-state index contributed by atoms with van der Waals surface area (Å²) in [5.74, 6) is 0.774. The number of aryl methyl sites for hydroxylation is 4. The number of hydrogen-bond donors (Lipinski definition) is 0. The first-order valence-corrected chi connectivity index (χ1v) is 8.40. The smallest absolute Gasteiger partial charge is 0.262 e. The lowest BCUT2D eigenvalue weighted by molar-refractivity contribution is 0.512. The molecule has 0 amide bonds. The normalized spacial score (nSPS) is 14.4. The van der Waals surface area contributed by atoms with Crippen LogP contribution >= 0.6 is 11.3 Å². The minimum absolute atomic E-state index is 0.0991. The fraction of sp³-hybridized carbons (Fsp3) is 0.467. The molecule has 0 radical (unpaired) electrons. The highest BCUT2D eigenvalue weighted by Gasteiger charge is 2.21. The van der Waals surface area contributed by atoms with Crippen molar-refractivity contribution in [1.29, 1.82) is 0 Å². The summed E-state index contributed by atoms with van der Waals surface area (Å²) in [5.41, 5.74) is 1.35. The maximum absolute atomic E-state index is 12.9. The molecule has 22 heavy (non-hydrogen) atoms. The van der Waals surface area contributed by atoms with E-state index in [4.69, 9.17) is 0 Å². The standard InChI is InChI=1S/C15H17N5OS/c1-10-18-14-13(11-4-2-3-5-12(11)22-14)15(21)20(10)7-6-19-9-16-8-17-19/h8-9H,2-7H2,1H3. The second kappa shape index (κ2) is 5.31. The molecule has 0 aromatic carbocycles. The van der Waals surface area contributed by atoms with Gasteiger partial charge >= 0.3 is 0 Å². The Morgan fingerprint density at radius 1 is 1.27 bits per heavy atom. The van der Waals surface area contributed by atoms with E-state index in [1.807, 2.05) is 6.92 Å². The van der Waals surface area contributed by atoms with E-state index in [9.17, 15) is 4.79 Å². The van der Waals surface area contributed by atoms with Gasteiger partial charge in [-0.2, -0.15) is 5.10 Å². The van der Waals surface area contributed by atoms with Crippen LogP contribution in [0.15, 0.2) is 17.4 Å². The van der Waals surface area contributed by atoms with E-state index >= 15 is 0 Å². The Labute approximate surface area is 131 Å². The van der Waals surface area contributed by atoms with Crippen molar-refractivity contribution in [2.75, 3.05) is 0 Å².